The maximum Gasteiger partial charge on any atom is 0.108 e. The van der Waals surface area contributed by atoms with Crippen molar-refractivity contribution < 1.29 is 5.76 Å². The number of halogens is 1. The third kappa shape index (κ3) is 1.91. The maximum absolute atomic E-state index is 11.4. The van der Waals surface area contributed by atoms with Crippen LogP contribution < -0.4 is 5.73 Å². The molecule has 0 aromatic rings. The van der Waals surface area contributed by atoms with Gasteiger partial charge in [-0.3, -0.25) is 0 Å². The summed E-state index contributed by atoms with van der Waals surface area (Å²) < 4.78 is 18.1. The molecule has 0 aliphatic carbocycles. The van der Waals surface area contributed by atoms with Gasteiger partial charge in [-0.15, -0.1) is 6.58 Å². The average molecular weight is 90.1 g/mol. The Morgan fingerprint density at radius 1 is 2.33 bits per heavy atom. The van der Waals surface area contributed by atoms with Gasteiger partial charge in [-0.1, -0.05) is 6.08 Å². The monoisotopic (exact) mass is 90.1 g/mol. The van der Waals surface area contributed by atoms with Crippen LogP contribution in [0, 0.1) is 0 Å². The molecule has 2 N–H and O–H groups in total. The molecular formula is C4H8FN. The number of rotatable bonds is 2. The van der Waals surface area contributed by atoms with Crippen molar-refractivity contribution in [1.29, 1.82) is 0 Å². The third-order valence-electron chi connectivity index (χ3n) is 0.416. The Morgan fingerprint density at radius 2 is 2.83 bits per heavy atom. The minimum atomic E-state index is -1.57. The molecule has 0 saturated heterocycles. The van der Waals surface area contributed by atoms with E-state index >= 15 is 0 Å². The first-order valence-corrected chi connectivity index (χ1v) is 1.61. The Balaban J connectivity index is 3.58. The zero-order valence-corrected chi connectivity index (χ0v) is 3.45. The van der Waals surface area contributed by atoms with Crippen LogP contribution in [0.4, 0.5) is 4.39 Å². The van der Waals surface area contributed by atoms with Gasteiger partial charge in [-0.05, 0) is 0 Å². The summed E-state index contributed by atoms with van der Waals surface area (Å²) >= 11 is 0. The zero-order valence-electron chi connectivity index (χ0n) is 4.45. The van der Waals surface area contributed by atoms with Crippen LogP contribution in [0.5, 0.6) is 0 Å². The Hall–Kier alpha value is -0.370. The van der Waals surface area contributed by atoms with Crippen molar-refractivity contribution >= 4 is 0 Å². The predicted octanol–water partition coefficient (Wildman–Crippen LogP) is 0.469. The largest absolute Gasteiger partial charge is 0.322 e. The molecular weight excluding hydrogens is 81.0 g/mol. The van der Waals surface area contributed by atoms with Crippen LogP contribution >= 0.6 is 0 Å². The first-order valence-electron chi connectivity index (χ1n) is 2.11. The van der Waals surface area contributed by atoms with E-state index in [4.69, 9.17) is 7.10 Å². The van der Waals surface area contributed by atoms with Gasteiger partial charge in [0, 0.05) is 0 Å². The second-order valence-electron chi connectivity index (χ2n) is 0.913. The summed E-state index contributed by atoms with van der Waals surface area (Å²) in [5, 5.41) is 0. The number of hydrogen-bond donors (Lipinski definition) is 1. The van der Waals surface area contributed by atoms with Crippen LogP contribution in [0.1, 0.15) is 1.37 Å². The van der Waals surface area contributed by atoms with Crippen LogP contribution in [-0.2, 0) is 0 Å². The summed E-state index contributed by atoms with van der Waals surface area (Å²) in [5.74, 6) is 0. The Bertz CT molecular complexity index is 72.1. The van der Waals surface area contributed by atoms with E-state index in [0.717, 1.165) is 6.08 Å². The van der Waals surface area contributed by atoms with Crippen molar-refractivity contribution in [3.63, 3.8) is 0 Å². The molecule has 0 spiro atoms. The minimum absolute atomic E-state index is 0.878. The summed E-state index contributed by atoms with van der Waals surface area (Å²) in [5.41, 5.74) is 4.89. The summed E-state index contributed by atoms with van der Waals surface area (Å²) in [6.45, 7) is 2.27. The van der Waals surface area contributed by atoms with Crippen LogP contribution in [0.2, 0.25) is 0 Å². The fourth-order valence-electron chi connectivity index (χ4n) is 0.0546. The molecule has 6 heavy (non-hydrogen) atoms. The van der Waals surface area contributed by atoms with Gasteiger partial charge in [0.2, 0.25) is 0 Å². The number of alkyl halides is 1. The van der Waals surface area contributed by atoms with E-state index in [0.29, 0.717) is 0 Å². The Morgan fingerprint density at radius 3 is 2.83 bits per heavy atom. The fourth-order valence-corrected chi connectivity index (χ4v) is 0.0546. The fraction of sp³-hybridized carbons (Fsp3) is 0.500. The molecule has 2 heteroatoms. The first-order chi connectivity index (χ1) is 3.12. The van der Waals surface area contributed by atoms with Crippen LogP contribution in [-0.4, -0.2) is 12.7 Å². The molecule has 0 aliphatic heterocycles. The van der Waals surface area contributed by atoms with Gasteiger partial charge < -0.3 is 5.73 Å². The van der Waals surface area contributed by atoms with Gasteiger partial charge in [0.15, 0.2) is 0 Å². The summed E-state index contributed by atoms with van der Waals surface area (Å²) in [6.07, 6.45) is 1.06. The van der Waals surface area contributed by atoms with Crippen LogP contribution in [0.25, 0.3) is 0 Å². The molecule has 0 radical (unpaired) electrons. The lowest BCUT2D eigenvalue weighted by molar-refractivity contribution is 0.465. The smallest absolute Gasteiger partial charge is 0.108 e. The van der Waals surface area contributed by atoms with E-state index in [-0.39, 0.29) is 0 Å². The Kier molecular flexibility index (Phi) is 1.81. The third-order valence-corrected chi connectivity index (χ3v) is 0.416. The highest BCUT2D eigenvalue weighted by Gasteiger charge is 1.87. The van der Waals surface area contributed by atoms with Crippen LogP contribution in [0.15, 0.2) is 12.7 Å². The molecule has 0 aromatic carbocycles. The van der Waals surface area contributed by atoms with Gasteiger partial charge in [-0.25, -0.2) is 4.39 Å². The quantitative estimate of drug-likeness (QED) is 0.490. The van der Waals surface area contributed by atoms with E-state index in [1.165, 1.54) is 0 Å². The molecule has 1 atom stereocenters. The molecule has 0 fully saturated rings. The highest BCUT2D eigenvalue weighted by molar-refractivity contribution is 4.80. The molecule has 0 saturated carbocycles. The maximum atomic E-state index is 11.4. The molecule has 36 valence electrons. The molecule has 1 nitrogen and oxygen atoms in total. The van der Waals surface area contributed by atoms with Gasteiger partial charge in [0.25, 0.3) is 0 Å². The van der Waals surface area contributed by atoms with Crippen molar-refractivity contribution in [3.8, 4) is 0 Å². The minimum Gasteiger partial charge on any atom is -0.322 e. The Labute approximate surface area is 38.1 Å². The first kappa shape index (κ1) is 3.81. The zero-order chi connectivity index (χ0) is 5.91. The molecule has 0 rings (SSSR count). The van der Waals surface area contributed by atoms with E-state index < -0.39 is 12.7 Å². The molecule has 0 aliphatic rings. The molecule has 0 aromatic heterocycles. The summed E-state index contributed by atoms with van der Waals surface area (Å²) in [6, 6.07) is -1.57. The molecule has 1 unspecified atom stereocenters. The summed E-state index contributed by atoms with van der Waals surface area (Å²) in [7, 11) is 0. The van der Waals surface area contributed by atoms with Crippen molar-refractivity contribution in [2.75, 3.05) is 6.67 Å². The highest BCUT2D eigenvalue weighted by Crippen LogP contribution is 1.76. The van der Waals surface area contributed by atoms with Crippen molar-refractivity contribution in [1.82, 2.24) is 0 Å². The molecule has 0 bridgehead atoms. The van der Waals surface area contributed by atoms with Crippen molar-refractivity contribution in [2.24, 2.45) is 5.73 Å². The summed E-state index contributed by atoms with van der Waals surface area (Å²) in [4.78, 5) is 0. The predicted molar refractivity (Wildman–Crippen MR) is 24.1 cm³/mol. The topological polar surface area (TPSA) is 26.0 Å². The second kappa shape index (κ2) is 2.85. The van der Waals surface area contributed by atoms with E-state index in [1.54, 1.807) is 0 Å². The molecule has 0 heterocycles. The van der Waals surface area contributed by atoms with E-state index in [2.05, 4.69) is 6.58 Å². The highest BCUT2D eigenvalue weighted by atomic mass is 19.1. The lowest BCUT2D eigenvalue weighted by Crippen LogP contribution is -2.17. The average Bonchev–Trinajstić information content (AvgIpc) is 1.68. The van der Waals surface area contributed by atoms with E-state index in [1.807, 2.05) is 0 Å². The van der Waals surface area contributed by atoms with E-state index in [9.17, 15) is 4.39 Å². The van der Waals surface area contributed by atoms with Gasteiger partial charge >= 0.3 is 0 Å². The second-order valence-corrected chi connectivity index (χ2v) is 0.913. The van der Waals surface area contributed by atoms with Crippen molar-refractivity contribution in [2.45, 2.75) is 6.02 Å². The lowest BCUT2D eigenvalue weighted by Gasteiger charge is -1.92. The number of nitrogens with two attached hydrogens (primary N) is 1. The van der Waals surface area contributed by atoms with Crippen molar-refractivity contribution in [3.05, 3.63) is 12.7 Å². The van der Waals surface area contributed by atoms with Gasteiger partial charge in [-0.2, -0.15) is 0 Å². The van der Waals surface area contributed by atoms with Gasteiger partial charge in [0.1, 0.15) is 6.67 Å². The SMILES string of the molecule is [2H]C(N)(C=C)CF. The molecule has 0 amide bonds. The standard InChI is InChI=1S/C4H8FN/c1-2-4(6)3-5/h2,4H,1,3,6H2/i4D. The normalized spacial score (nSPS) is 21.3. The van der Waals surface area contributed by atoms with Crippen LogP contribution in [0.3, 0.4) is 0 Å². The number of hydrogen-bond acceptors (Lipinski definition) is 1. The van der Waals surface area contributed by atoms with Gasteiger partial charge in [0.05, 0.1) is 7.39 Å². The lowest BCUT2D eigenvalue weighted by atomic mass is 10.4.